The second-order valence-corrected chi connectivity index (χ2v) is 5.58. The van der Waals surface area contributed by atoms with Gasteiger partial charge in [-0.2, -0.15) is 0 Å². The van der Waals surface area contributed by atoms with Crippen LogP contribution >= 0.6 is 0 Å². The molecule has 1 aliphatic heterocycles. The molecule has 22 heavy (non-hydrogen) atoms. The third-order valence-corrected chi connectivity index (χ3v) is 3.97. The molecule has 1 amide bonds. The molecule has 3 N–H and O–H groups in total. The normalized spacial score (nSPS) is 19.1. The number of rotatable bonds is 3. The highest BCUT2D eigenvalue weighted by molar-refractivity contribution is 5.98. The number of hydrogen-bond acceptors (Lipinski definition) is 3. The summed E-state index contributed by atoms with van der Waals surface area (Å²) in [4.78, 5) is 15.3. The number of aromatic nitrogens is 1. The summed E-state index contributed by atoms with van der Waals surface area (Å²) in [5.41, 5.74) is 1.74. The molecule has 2 heterocycles. The number of fused-ring (bicyclic) bond motifs is 1. The lowest BCUT2D eigenvalue weighted by Gasteiger charge is -2.15. The van der Waals surface area contributed by atoms with Crippen LogP contribution in [-0.4, -0.2) is 43.2 Å². The quantitative estimate of drug-likeness (QED) is 0.809. The standard InChI is InChI=1S/C16H20FN3O2/c1-10-12-7-15(20-14(12)4-3-13(10)17)16(21)19-9-11-8-18-5-2-6-22-11/h3-4,7,11,18,20H,2,5-6,8-9H2,1H3,(H,19,21). The number of H-pyrrole nitrogens is 1. The molecule has 6 heteroatoms. The van der Waals surface area contributed by atoms with Crippen molar-refractivity contribution in [1.82, 2.24) is 15.6 Å². The molecular weight excluding hydrogens is 285 g/mol. The van der Waals surface area contributed by atoms with Gasteiger partial charge in [0.25, 0.3) is 5.91 Å². The first-order valence-corrected chi connectivity index (χ1v) is 7.53. The Bertz CT molecular complexity index is 675. The zero-order chi connectivity index (χ0) is 15.5. The predicted octanol–water partition coefficient (Wildman–Crippen LogP) is 1.72. The molecule has 5 nitrogen and oxygen atoms in total. The Morgan fingerprint density at radius 1 is 1.50 bits per heavy atom. The Hall–Kier alpha value is -1.92. The zero-order valence-electron chi connectivity index (χ0n) is 12.5. The van der Waals surface area contributed by atoms with Gasteiger partial charge in [-0.05, 0) is 43.7 Å². The van der Waals surface area contributed by atoms with Gasteiger partial charge in [0.05, 0.1) is 6.10 Å². The van der Waals surface area contributed by atoms with Gasteiger partial charge in [-0.25, -0.2) is 4.39 Å². The molecular formula is C16H20FN3O2. The molecule has 1 unspecified atom stereocenters. The van der Waals surface area contributed by atoms with Crippen LogP contribution in [0, 0.1) is 12.7 Å². The lowest BCUT2D eigenvalue weighted by molar-refractivity contribution is 0.0625. The molecule has 1 fully saturated rings. The number of halogens is 1. The van der Waals surface area contributed by atoms with E-state index in [2.05, 4.69) is 15.6 Å². The number of nitrogens with one attached hydrogen (secondary N) is 3. The second-order valence-electron chi connectivity index (χ2n) is 5.58. The molecule has 1 aromatic heterocycles. The van der Waals surface area contributed by atoms with E-state index in [1.165, 1.54) is 6.07 Å². The lowest BCUT2D eigenvalue weighted by Crippen LogP contribution is -2.38. The first-order chi connectivity index (χ1) is 10.6. The van der Waals surface area contributed by atoms with Crippen molar-refractivity contribution in [2.24, 2.45) is 0 Å². The van der Waals surface area contributed by atoms with Gasteiger partial charge in [0.1, 0.15) is 11.5 Å². The van der Waals surface area contributed by atoms with Crippen LogP contribution < -0.4 is 10.6 Å². The molecule has 1 saturated heterocycles. The monoisotopic (exact) mass is 305 g/mol. The van der Waals surface area contributed by atoms with Crippen LogP contribution in [0.4, 0.5) is 4.39 Å². The summed E-state index contributed by atoms with van der Waals surface area (Å²) in [7, 11) is 0. The van der Waals surface area contributed by atoms with Crippen LogP contribution in [0.1, 0.15) is 22.5 Å². The molecule has 0 spiro atoms. The Kier molecular flexibility index (Phi) is 4.40. The SMILES string of the molecule is Cc1c(F)ccc2[nH]c(C(=O)NCC3CNCCCO3)cc12. The molecule has 0 radical (unpaired) electrons. The van der Waals surface area contributed by atoms with Gasteiger partial charge >= 0.3 is 0 Å². The molecule has 1 aliphatic rings. The van der Waals surface area contributed by atoms with E-state index < -0.39 is 0 Å². The first-order valence-electron chi connectivity index (χ1n) is 7.53. The van der Waals surface area contributed by atoms with Crippen molar-refractivity contribution < 1.29 is 13.9 Å². The Morgan fingerprint density at radius 2 is 2.36 bits per heavy atom. The minimum Gasteiger partial charge on any atom is -0.375 e. The van der Waals surface area contributed by atoms with Crippen molar-refractivity contribution in [3.8, 4) is 0 Å². The Morgan fingerprint density at radius 3 is 3.23 bits per heavy atom. The van der Waals surface area contributed by atoms with Gasteiger partial charge in [-0.3, -0.25) is 4.79 Å². The third kappa shape index (κ3) is 3.13. The summed E-state index contributed by atoms with van der Waals surface area (Å²) in [6, 6.07) is 4.74. The largest absolute Gasteiger partial charge is 0.375 e. The Labute approximate surface area is 128 Å². The van der Waals surface area contributed by atoms with E-state index in [1.54, 1.807) is 19.1 Å². The summed E-state index contributed by atoms with van der Waals surface area (Å²) in [6.07, 6.45) is 0.965. The fourth-order valence-electron chi connectivity index (χ4n) is 2.65. The lowest BCUT2D eigenvalue weighted by atomic mass is 10.1. The minimum atomic E-state index is -0.267. The van der Waals surface area contributed by atoms with Crippen LogP contribution in [0.2, 0.25) is 0 Å². The number of hydrogen-bond donors (Lipinski definition) is 3. The number of ether oxygens (including phenoxy) is 1. The van der Waals surface area contributed by atoms with Gasteiger partial charge in [0.2, 0.25) is 0 Å². The number of carbonyl (C=O) groups is 1. The number of carbonyl (C=O) groups excluding carboxylic acids is 1. The molecule has 1 aromatic carbocycles. The Balaban J connectivity index is 1.68. The molecule has 1 atom stereocenters. The summed E-state index contributed by atoms with van der Waals surface area (Å²) in [5.74, 6) is -0.472. The second kappa shape index (κ2) is 6.46. The third-order valence-electron chi connectivity index (χ3n) is 3.97. The average molecular weight is 305 g/mol. The maximum atomic E-state index is 13.6. The summed E-state index contributed by atoms with van der Waals surface area (Å²) >= 11 is 0. The summed E-state index contributed by atoms with van der Waals surface area (Å²) in [6.45, 7) is 4.54. The first kappa shape index (κ1) is 15.0. The summed E-state index contributed by atoms with van der Waals surface area (Å²) < 4.78 is 19.2. The van der Waals surface area contributed by atoms with E-state index in [0.717, 1.165) is 30.4 Å². The van der Waals surface area contributed by atoms with E-state index >= 15 is 0 Å². The smallest absolute Gasteiger partial charge is 0.267 e. The number of aromatic amines is 1. The van der Waals surface area contributed by atoms with E-state index in [9.17, 15) is 9.18 Å². The maximum Gasteiger partial charge on any atom is 0.267 e. The van der Waals surface area contributed by atoms with Gasteiger partial charge in [0.15, 0.2) is 0 Å². The van der Waals surface area contributed by atoms with Crippen LogP contribution in [-0.2, 0) is 4.74 Å². The number of aryl methyl sites for hydroxylation is 1. The zero-order valence-corrected chi connectivity index (χ0v) is 12.5. The van der Waals surface area contributed by atoms with E-state index in [-0.39, 0.29) is 17.8 Å². The highest BCUT2D eigenvalue weighted by Gasteiger charge is 2.16. The van der Waals surface area contributed by atoms with Crippen LogP contribution in [0.3, 0.4) is 0 Å². The molecule has 0 saturated carbocycles. The van der Waals surface area contributed by atoms with Crippen LogP contribution in [0.15, 0.2) is 18.2 Å². The van der Waals surface area contributed by atoms with Crippen molar-refractivity contribution in [3.05, 3.63) is 35.3 Å². The molecule has 0 aliphatic carbocycles. The molecule has 118 valence electrons. The molecule has 3 rings (SSSR count). The van der Waals surface area contributed by atoms with Crippen LogP contribution in [0.25, 0.3) is 10.9 Å². The van der Waals surface area contributed by atoms with Crippen LogP contribution in [0.5, 0.6) is 0 Å². The number of benzene rings is 1. The highest BCUT2D eigenvalue weighted by Crippen LogP contribution is 2.21. The van der Waals surface area contributed by atoms with E-state index in [1.807, 2.05) is 0 Å². The maximum absolute atomic E-state index is 13.6. The van der Waals surface area contributed by atoms with Crippen molar-refractivity contribution in [1.29, 1.82) is 0 Å². The fraction of sp³-hybridized carbons (Fsp3) is 0.438. The van der Waals surface area contributed by atoms with Gasteiger partial charge in [-0.1, -0.05) is 0 Å². The fourth-order valence-corrected chi connectivity index (χ4v) is 2.65. The molecule has 0 bridgehead atoms. The van der Waals surface area contributed by atoms with Gasteiger partial charge in [-0.15, -0.1) is 0 Å². The van der Waals surface area contributed by atoms with Crippen molar-refractivity contribution in [2.75, 3.05) is 26.2 Å². The predicted molar refractivity (Wildman–Crippen MR) is 82.6 cm³/mol. The van der Waals surface area contributed by atoms with Crippen molar-refractivity contribution >= 4 is 16.8 Å². The minimum absolute atomic E-state index is 0.0185. The average Bonchev–Trinajstić information content (AvgIpc) is 2.78. The molecule has 2 aromatic rings. The number of amides is 1. The highest BCUT2D eigenvalue weighted by atomic mass is 19.1. The van der Waals surface area contributed by atoms with Crippen molar-refractivity contribution in [2.45, 2.75) is 19.4 Å². The van der Waals surface area contributed by atoms with Crippen molar-refractivity contribution in [3.63, 3.8) is 0 Å². The summed E-state index contributed by atoms with van der Waals surface area (Å²) in [5, 5.41) is 6.87. The van der Waals surface area contributed by atoms with Gasteiger partial charge in [0, 0.05) is 30.6 Å². The van der Waals surface area contributed by atoms with Gasteiger partial charge < -0.3 is 20.4 Å². The topological polar surface area (TPSA) is 66.2 Å². The van der Waals surface area contributed by atoms with E-state index in [0.29, 0.717) is 24.4 Å². The van der Waals surface area contributed by atoms with E-state index in [4.69, 9.17) is 4.74 Å².